The molecule has 3 aromatic rings. The molecule has 0 bridgehead atoms. The van der Waals surface area contributed by atoms with Crippen molar-refractivity contribution in [1.29, 1.82) is 5.26 Å². The van der Waals surface area contributed by atoms with Gasteiger partial charge in [-0.1, -0.05) is 30.3 Å². The highest BCUT2D eigenvalue weighted by Crippen LogP contribution is 2.39. The number of nitriles is 1. The third kappa shape index (κ3) is 2.63. The number of nitrogen functional groups attached to an aromatic ring is 1. The van der Waals surface area contributed by atoms with Gasteiger partial charge >= 0.3 is 0 Å². The number of aryl methyl sites for hydroxylation is 2. The largest absolute Gasteiger partial charge is 0.383 e. The summed E-state index contributed by atoms with van der Waals surface area (Å²) in [6, 6.07) is 12.3. The smallest absolute Gasteiger partial charge is 0.142 e. The summed E-state index contributed by atoms with van der Waals surface area (Å²) < 4.78 is 1.77. The second kappa shape index (κ2) is 6.28. The number of nitrogens with two attached hydrogens (primary N) is 2. The lowest BCUT2D eigenvalue weighted by atomic mass is 9.84. The minimum absolute atomic E-state index is 0.0649. The van der Waals surface area contributed by atoms with Crippen LogP contribution in [-0.4, -0.2) is 20.8 Å². The Kier molecular flexibility index (Phi) is 3.94. The van der Waals surface area contributed by atoms with Crippen molar-refractivity contribution in [2.24, 2.45) is 12.8 Å². The number of hydrogen-bond donors (Lipinski definition) is 2. The Bertz CT molecular complexity index is 1010. The number of anilines is 1. The van der Waals surface area contributed by atoms with Gasteiger partial charge in [0.15, 0.2) is 0 Å². The van der Waals surface area contributed by atoms with Crippen LogP contribution in [0.4, 0.5) is 5.82 Å². The van der Waals surface area contributed by atoms with Gasteiger partial charge in [-0.2, -0.15) is 10.4 Å². The van der Waals surface area contributed by atoms with Crippen molar-refractivity contribution in [3.05, 3.63) is 53.3 Å². The van der Waals surface area contributed by atoms with Crippen LogP contribution in [0.3, 0.4) is 0 Å². The molecule has 2 heterocycles. The predicted octanol–water partition coefficient (Wildman–Crippen LogP) is 2.42. The first-order valence-corrected chi connectivity index (χ1v) is 8.64. The van der Waals surface area contributed by atoms with E-state index in [-0.39, 0.29) is 11.9 Å². The van der Waals surface area contributed by atoms with Gasteiger partial charge in [-0.05, 0) is 24.8 Å². The number of benzene rings is 1. The maximum Gasteiger partial charge on any atom is 0.142 e. The molecule has 0 aliphatic heterocycles. The van der Waals surface area contributed by atoms with Gasteiger partial charge in [0.05, 0.1) is 0 Å². The quantitative estimate of drug-likeness (QED) is 0.742. The minimum Gasteiger partial charge on any atom is -0.383 e. The molecule has 1 aliphatic rings. The standard InChI is InChI=1S/C20H20N6/c1-26-11-16(19(25-26)12-5-3-2-4-6-12)18-14-9-13(22)7-8-17(14)24-20(23)15(18)10-21/h2-6,11,13H,7-9,22H2,1H3,(H2,23,24)/t13-/m0/s1. The third-order valence-corrected chi connectivity index (χ3v) is 4.89. The van der Waals surface area contributed by atoms with Crippen LogP contribution < -0.4 is 11.5 Å². The fourth-order valence-corrected chi connectivity index (χ4v) is 3.70. The van der Waals surface area contributed by atoms with Crippen molar-refractivity contribution in [2.75, 3.05) is 5.73 Å². The van der Waals surface area contributed by atoms with E-state index < -0.39 is 0 Å². The molecule has 0 radical (unpaired) electrons. The Morgan fingerprint density at radius 1 is 1.27 bits per heavy atom. The van der Waals surface area contributed by atoms with Crippen LogP contribution in [0.1, 0.15) is 23.2 Å². The van der Waals surface area contributed by atoms with E-state index in [4.69, 9.17) is 11.5 Å². The molecule has 0 saturated carbocycles. The van der Waals surface area contributed by atoms with E-state index in [0.717, 1.165) is 46.5 Å². The van der Waals surface area contributed by atoms with Gasteiger partial charge in [-0.3, -0.25) is 4.68 Å². The number of hydrogen-bond acceptors (Lipinski definition) is 5. The molecule has 1 aliphatic carbocycles. The zero-order chi connectivity index (χ0) is 18.3. The topological polar surface area (TPSA) is 107 Å². The van der Waals surface area contributed by atoms with Crippen molar-refractivity contribution in [3.8, 4) is 28.5 Å². The first-order chi connectivity index (χ1) is 12.6. The summed E-state index contributed by atoms with van der Waals surface area (Å²) >= 11 is 0. The van der Waals surface area contributed by atoms with Gasteiger partial charge < -0.3 is 11.5 Å². The third-order valence-electron chi connectivity index (χ3n) is 4.89. The Labute approximate surface area is 152 Å². The fourth-order valence-electron chi connectivity index (χ4n) is 3.70. The van der Waals surface area contributed by atoms with E-state index in [1.807, 2.05) is 43.6 Å². The Morgan fingerprint density at radius 2 is 2.04 bits per heavy atom. The Hall–Kier alpha value is -3.17. The zero-order valence-corrected chi connectivity index (χ0v) is 14.6. The summed E-state index contributed by atoms with van der Waals surface area (Å²) in [6.07, 6.45) is 4.29. The molecular formula is C20H20N6. The molecule has 0 unspecified atom stereocenters. The van der Waals surface area contributed by atoms with Crippen molar-refractivity contribution in [2.45, 2.75) is 25.3 Å². The van der Waals surface area contributed by atoms with Crippen molar-refractivity contribution in [3.63, 3.8) is 0 Å². The van der Waals surface area contributed by atoms with Gasteiger partial charge in [0, 0.05) is 41.7 Å². The molecule has 4 rings (SSSR count). The molecule has 0 saturated heterocycles. The molecule has 26 heavy (non-hydrogen) atoms. The maximum absolute atomic E-state index is 9.77. The van der Waals surface area contributed by atoms with Crippen LogP contribution in [0.15, 0.2) is 36.5 Å². The lowest BCUT2D eigenvalue weighted by molar-refractivity contribution is 0.568. The van der Waals surface area contributed by atoms with E-state index >= 15 is 0 Å². The van der Waals surface area contributed by atoms with Crippen molar-refractivity contribution >= 4 is 5.82 Å². The summed E-state index contributed by atoms with van der Waals surface area (Å²) in [5, 5.41) is 14.4. The van der Waals surface area contributed by atoms with Crippen LogP contribution >= 0.6 is 0 Å². The Morgan fingerprint density at radius 3 is 2.77 bits per heavy atom. The van der Waals surface area contributed by atoms with Crippen molar-refractivity contribution in [1.82, 2.24) is 14.8 Å². The molecule has 6 heteroatoms. The van der Waals surface area contributed by atoms with Gasteiger partial charge in [-0.15, -0.1) is 0 Å². The van der Waals surface area contributed by atoms with Gasteiger partial charge in [-0.25, -0.2) is 4.98 Å². The molecule has 0 fully saturated rings. The fraction of sp³-hybridized carbons (Fsp3) is 0.250. The second-order valence-corrected chi connectivity index (χ2v) is 6.72. The second-order valence-electron chi connectivity index (χ2n) is 6.72. The molecule has 6 nitrogen and oxygen atoms in total. The zero-order valence-electron chi connectivity index (χ0n) is 14.6. The van der Waals surface area contributed by atoms with E-state index in [2.05, 4.69) is 16.2 Å². The molecule has 0 amide bonds. The molecule has 4 N–H and O–H groups in total. The van der Waals surface area contributed by atoms with Gasteiger partial charge in [0.25, 0.3) is 0 Å². The highest BCUT2D eigenvalue weighted by molar-refractivity contribution is 5.87. The van der Waals surface area contributed by atoms with Gasteiger partial charge in [0.2, 0.25) is 0 Å². The molecule has 130 valence electrons. The molecule has 1 atom stereocenters. The first-order valence-electron chi connectivity index (χ1n) is 8.64. The van der Waals surface area contributed by atoms with Crippen LogP contribution in [0, 0.1) is 11.3 Å². The van der Waals surface area contributed by atoms with Gasteiger partial charge in [0.1, 0.15) is 23.1 Å². The highest BCUT2D eigenvalue weighted by atomic mass is 15.3. The van der Waals surface area contributed by atoms with Crippen LogP contribution in [0.5, 0.6) is 0 Å². The number of pyridine rings is 1. The summed E-state index contributed by atoms with van der Waals surface area (Å²) in [5.74, 6) is 0.277. The number of aromatic nitrogens is 3. The summed E-state index contributed by atoms with van der Waals surface area (Å²) in [7, 11) is 1.88. The molecule has 2 aromatic heterocycles. The Balaban J connectivity index is 2.03. The van der Waals surface area contributed by atoms with E-state index in [0.29, 0.717) is 12.0 Å². The lowest BCUT2D eigenvalue weighted by Crippen LogP contribution is -2.29. The lowest BCUT2D eigenvalue weighted by Gasteiger charge is -2.24. The summed E-state index contributed by atoms with van der Waals surface area (Å²) in [6.45, 7) is 0. The average molecular weight is 344 g/mol. The van der Waals surface area contributed by atoms with Crippen molar-refractivity contribution < 1.29 is 0 Å². The first kappa shape index (κ1) is 16.3. The van der Waals surface area contributed by atoms with E-state index in [1.165, 1.54) is 0 Å². The maximum atomic E-state index is 9.77. The van der Waals surface area contributed by atoms with E-state index in [1.54, 1.807) is 4.68 Å². The van der Waals surface area contributed by atoms with E-state index in [9.17, 15) is 5.26 Å². The van der Waals surface area contributed by atoms with Crippen LogP contribution in [0.25, 0.3) is 22.4 Å². The summed E-state index contributed by atoms with van der Waals surface area (Å²) in [4.78, 5) is 4.49. The normalized spacial score (nSPS) is 16.1. The SMILES string of the molecule is Cn1cc(-c2c(C#N)c(N)nc3c2C[C@@H](N)CC3)c(-c2ccccc2)n1. The molecule has 1 aromatic carbocycles. The minimum atomic E-state index is 0.0649. The van der Waals surface area contributed by atoms with Crippen LogP contribution in [-0.2, 0) is 19.9 Å². The molecular weight excluding hydrogens is 324 g/mol. The molecule has 0 spiro atoms. The summed E-state index contributed by atoms with van der Waals surface area (Å²) in [5.41, 5.74) is 18.3. The number of rotatable bonds is 2. The number of fused-ring (bicyclic) bond motifs is 1. The number of nitrogens with zero attached hydrogens (tertiary/aromatic N) is 4. The predicted molar refractivity (Wildman–Crippen MR) is 101 cm³/mol. The monoisotopic (exact) mass is 344 g/mol. The van der Waals surface area contributed by atoms with Crippen LogP contribution in [0.2, 0.25) is 0 Å². The highest BCUT2D eigenvalue weighted by Gasteiger charge is 2.27. The average Bonchev–Trinajstić information content (AvgIpc) is 3.03.